The van der Waals surface area contributed by atoms with Crippen LogP contribution in [0.4, 0.5) is 0 Å². The van der Waals surface area contributed by atoms with Crippen LogP contribution in [0.3, 0.4) is 0 Å². The second-order valence-corrected chi connectivity index (χ2v) is 3.02. The normalized spacial score (nSPS) is 12.7. The van der Waals surface area contributed by atoms with E-state index in [9.17, 15) is 0 Å². The molecular weight excluding hydrogens is 178 g/mol. The first-order valence-corrected chi connectivity index (χ1v) is 4.70. The molecule has 0 aliphatic carbocycles. The van der Waals surface area contributed by atoms with Gasteiger partial charge in [-0.2, -0.15) is 0 Å². The van der Waals surface area contributed by atoms with E-state index in [2.05, 4.69) is 10.3 Å². The molecule has 0 bridgehead atoms. The molecule has 1 heterocycles. The topological polar surface area (TPSA) is 60.2 Å². The molecule has 0 saturated carbocycles. The van der Waals surface area contributed by atoms with Crippen LogP contribution in [0.2, 0.25) is 0 Å². The van der Waals surface area contributed by atoms with Crippen LogP contribution in [0, 0.1) is 0 Å². The highest BCUT2D eigenvalue weighted by Gasteiger charge is 2.07. The average molecular weight is 195 g/mol. The maximum atomic E-state index is 5.66. The number of rotatable bonds is 6. The van der Waals surface area contributed by atoms with Gasteiger partial charge in [-0.1, -0.05) is 6.07 Å². The maximum Gasteiger partial charge on any atom is 0.0587 e. The lowest BCUT2D eigenvalue weighted by atomic mass is 10.1. The molecule has 1 aromatic heterocycles. The molecular formula is C10H17N3O. The molecule has 1 atom stereocenters. The SMILES string of the molecule is COCCNC(CN)c1cccnc1. The fraction of sp³-hybridized carbons (Fsp3) is 0.500. The van der Waals surface area contributed by atoms with Crippen molar-refractivity contribution in [2.75, 3.05) is 26.8 Å². The molecule has 0 fully saturated rings. The van der Waals surface area contributed by atoms with Crippen molar-refractivity contribution >= 4 is 0 Å². The first-order valence-electron chi connectivity index (χ1n) is 4.70. The predicted octanol–water partition coefficient (Wildman–Crippen LogP) is 0.317. The Morgan fingerprint density at radius 1 is 1.64 bits per heavy atom. The largest absolute Gasteiger partial charge is 0.383 e. The van der Waals surface area contributed by atoms with Gasteiger partial charge in [0.2, 0.25) is 0 Å². The average Bonchev–Trinajstić information content (AvgIpc) is 2.26. The molecule has 78 valence electrons. The zero-order valence-electron chi connectivity index (χ0n) is 8.44. The van der Waals surface area contributed by atoms with Crippen LogP contribution in [0.25, 0.3) is 0 Å². The molecule has 0 aliphatic heterocycles. The van der Waals surface area contributed by atoms with E-state index < -0.39 is 0 Å². The van der Waals surface area contributed by atoms with Gasteiger partial charge in [0.1, 0.15) is 0 Å². The van der Waals surface area contributed by atoms with E-state index in [1.165, 1.54) is 0 Å². The van der Waals surface area contributed by atoms with E-state index in [0.717, 1.165) is 12.1 Å². The number of pyridine rings is 1. The lowest BCUT2D eigenvalue weighted by molar-refractivity contribution is 0.196. The van der Waals surface area contributed by atoms with Crippen molar-refractivity contribution in [1.82, 2.24) is 10.3 Å². The number of hydrogen-bond donors (Lipinski definition) is 2. The van der Waals surface area contributed by atoms with E-state index >= 15 is 0 Å². The Labute approximate surface area is 84.5 Å². The van der Waals surface area contributed by atoms with Gasteiger partial charge in [-0.05, 0) is 11.6 Å². The van der Waals surface area contributed by atoms with Gasteiger partial charge >= 0.3 is 0 Å². The highest BCUT2D eigenvalue weighted by atomic mass is 16.5. The number of aromatic nitrogens is 1. The van der Waals surface area contributed by atoms with Crippen molar-refractivity contribution in [2.24, 2.45) is 5.73 Å². The van der Waals surface area contributed by atoms with E-state index in [-0.39, 0.29) is 6.04 Å². The van der Waals surface area contributed by atoms with Gasteiger partial charge in [0.25, 0.3) is 0 Å². The molecule has 3 N–H and O–H groups in total. The molecule has 4 heteroatoms. The Morgan fingerprint density at radius 3 is 3.07 bits per heavy atom. The fourth-order valence-electron chi connectivity index (χ4n) is 1.25. The summed E-state index contributed by atoms with van der Waals surface area (Å²) in [5.74, 6) is 0. The van der Waals surface area contributed by atoms with Crippen LogP contribution in [0.5, 0.6) is 0 Å². The number of nitrogens with two attached hydrogens (primary N) is 1. The summed E-state index contributed by atoms with van der Waals surface area (Å²) in [6, 6.07) is 4.10. The molecule has 14 heavy (non-hydrogen) atoms. The Kier molecular flexibility index (Phi) is 5.14. The maximum absolute atomic E-state index is 5.66. The number of methoxy groups -OCH3 is 1. The minimum absolute atomic E-state index is 0.166. The Bertz CT molecular complexity index is 240. The summed E-state index contributed by atoms with van der Waals surface area (Å²) in [6.07, 6.45) is 3.59. The van der Waals surface area contributed by atoms with Crippen LogP contribution in [-0.4, -0.2) is 31.8 Å². The minimum Gasteiger partial charge on any atom is -0.383 e. The van der Waals surface area contributed by atoms with Crippen molar-refractivity contribution in [3.63, 3.8) is 0 Å². The van der Waals surface area contributed by atoms with Crippen molar-refractivity contribution in [3.05, 3.63) is 30.1 Å². The fourth-order valence-corrected chi connectivity index (χ4v) is 1.25. The summed E-state index contributed by atoms with van der Waals surface area (Å²) in [6.45, 7) is 2.05. The van der Waals surface area contributed by atoms with Crippen LogP contribution in [0.15, 0.2) is 24.5 Å². The Morgan fingerprint density at radius 2 is 2.50 bits per heavy atom. The van der Waals surface area contributed by atoms with E-state index in [4.69, 9.17) is 10.5 Å². The molecule has 0 spiro atoms. The quantitative estimate of drug-likeness (QED) is 0.642. The van der Waals surface area contributed by atoms with Gasteiger partial charge in [-0.3, -0.25) is 4.98 Å². The zero-order chi connectivity index (χ0) is 10.2. The summed E-state index contributed by atoms with van der Waals surface area (Å²) in [5, 5.41) is 3.30. The van der Waals surface area contributed by atoms with Gasteiger partial charge in [0, 0.05) is 38.6 Å². The lowest BCUT2D eigenvalue weighted by Crippen LogP contribution is -2.30. The van der Waals surface area contributed by atoms with Gasteiger partial charge in [-0.25, -0.2) is 0 Å². The first-order chi connectivity index (χ1) is 6.88. The number of nitrogens with one attached hydrogen (secondary N) is 1. The molecule has 0 saturated heterocycles. The third-order valence-corrected chi connectivity index (χ3v) is 2.02. The smallest absolute Gasteiger partial charge is 0.0587 e. The van der Waals surface area contributed by atoms with Crippen LogP contribution in [0.1, 0.15) is 11.6 Å². The summed E-state index contributed by atoms with van der Waals surface area (Å²) < 4.78 is 4.95. The number of ether oxygens (including phenoxy) is 1. The van der Waals surface area contributed by atoms with Gasteiger partial charge < -0.3 is 15.8 Å². The minimum atomic E-state index is 0.166. The molecule has 1 rings (SSSR count). The predicted molar refractivity (Wildman–Crippen MR) is 55.9 cm³/mol. The van der Waals surface area contributed by atoms with Gasteiger partial charge in [-0.15, -0.1) is 0 Å². The van der Waals surface area contributed by atoms with Crippen molar-refractivity contribution in [2.45, 2.75) is 6.04 Å². The van der Waals surface area contributed by atoms with Crippen LogP contribution in [-0.2, 0) is 4.74 Å². The van der Waals surface area contributed by atoms with Crippen molar-refractivity contribution < 1.29 is 4.74 Å². The summed E-state index contributed by atoms with van der Waals surface area (Å²) >= 11 is 0. The standard InChI is InChI=1S/C10H17N3O/c1-14-6-5-13-10(7-11)9-3-2-4-12-8-9/h2-4,8,10,13H,5-7,11H2,1H3. The summed E-state index contributed by atoms with van der Waals surface area (Å²) in [4.78, 5) is 4.05. The zero-order valence-corrected chi connectivity index (χ0v) is 8.44. The second-order valence-electron chi connectivity index (χ2n) is 3.02. The van der Waals surface area contributed by atoms with Crippen molar-refractivity contribution in [3.8, 4) is 0 Å². The number of hydrogen-bond acceptors (Lipinski definition) is 4. The summed E-state index contributed by atoms with van der Waals surface area (Å²) in [5.41, 5.74) is 6.77. The molecule has 0 aliphatic rings. The summed E-state index contributed by atoms with van der Waals surface area (Å²) in [7, 11) is 1.68. The molecule has 1 aromatic rings. The third-order valence-electron chi connectivity index (χ3n) is 2.02. The van der Waals surface area contributed by atoms with Gasteiger partial charge in [0.05, 0.1) is 6.61 Å². The first kappa shape index (κ1) is 11.1. The van der Waals surface area contributed by atoms with Crippen molar-refractivity contribution in [1.29, 1.82) is 0 Å². The monoisotopic (exact) mass is 195 g/mol. The highest BCUT2D eigenvalue weighted by Crippen LogP contribution is 2.08. The lowest BCUT2D eigenvalue weighted by Gasteiger charge is -2.16. The molecule has 4 nitrogen and oxygen atoms in total. The Balaban J connectivity index is 2.46. The van der Waals surface area contributed by atoms with Gasteiger partial charge in [0.15, 0.2) is 0 Å². The Hall–Kier alpha value is -0.970. The third kappa shape index (κ3) is 3.41. The van der Waals surface area contributed by atoms with E-state index in [1.807, 2.05) is 18.3 Å². The van der Waals surface area contributed by atoms with E-state index in [0.29, 0.717) is 13.2 Å². The van der Waals surface area contributed by atoms with Crippen LogP contribution < -0.4 is 11.1 Å². The molecule has 0 radical (unpaired) electrons. The highest BCUT2D eigenvalue weighted by molar-refractivity contribution is 5.14. The number of nitrogens with zero attached hydrogens (tertiary/aromatic N) is 1. The second kappa shape index (κ2) is 6.48. The molecule has 0 amide bonds. The van der Waals surface area contributed by atoms with E-state index in [1.54, 1.807) is 13.3 Å². The molecule has 0 aromatic carbocycles. The van der Waals surface area contributed by atoms with Crippen LogP contribution >= 0.6 is 0 Å². The molecule has 1 unspecified atom stereocenters.